The van der Waals surface area contributed by atoms with Crippen LogP contribution >= 0.6 is 22.9 Å². The maximum Gasteiger partial charge on any atom is 0.140 e. The zero-order valence-electron chi connectivity index (χ0n) is 10.0. The first-order chi connectivity index (χ1) is 8.72. The molecule has 0 aliphatic rings. The van der Waals surface area contributed by atoms with Gasteiger partial charge in [-0.05, 0) is 17.9 Å². The smallest absolute Gasteiger partial charge is 0.140 e. The van der Waals surface area contributed by atoms with Crippen LogP contribution in [0.15, 0.2) is 23.8 Å². The molecule has 1 N–H and O–H groups in total. The molecule has 4 nitrogen and oxygen atoms in total. The van der Waals surface area contributed by atoms with Crippen molar-refractivity contribution in [3.05, 3.63) is 39.4 Å². The number of aliphatic hydroxyl groups excluding tert-OH is 1. The predicted molar refractivity (Wildman–Crippen MR) is 74.3 cm³/mol. The molecule has 0 aromatic carbocycles. The molecule has 0 atom stereocenters. The van der Waals surface area contributed by atoms with Crippen LogP contribution in [-0.4, -0.2) is 28.7 Å². The molecule has 0 aliphatic heterocycles. The topological polar surface area (TPSA) is 49.2 Å². The van der Waals surface area contributed by atoms with Crippen LogP contribution in [0.3, 0.4) is 0 Å². The standard InChI is InChI=1S/C12H14ClN3OS/c1-16(5-4-9-3-2-6-18-9)12-10(7-17)11(13)14-8-15-12/h2-3,6,8,17H,4-5,7H2,1H3. The third-order valence-electron chi connectivity index (χ3n) is 2.66. The zero-order valence-corrected chi connectivity index (χ0v) is 11.6. The molecule has 0 bridgehead atoms. The summed E-state index contributed by atoms with van der Waals surface area (Å²) in [6, 6.07) is 4.15. The van der Waals surface area contributed by atoms with E-state index in [0.717, 1.165) is 13.0 Å². The van der Waals surface area contributed by atoms with Crippen molar-refractivity contribution in [2.45, 2.75) is 13.0 Å². The molecule has 96 valence electrons. The Bertz CT molecular complexity index is 504. The van der Waals surface area contributed by atoms with Crippen molar-refractivity contribution < 1.29 is 5.11 Å². The van der Waals surface area contributed by atoms with Crippen molar-refractivity contribution in [3.63, 3.8) is 0 Å². The van der Waals surface area contributed by atoms with Gasteiger partial charge in [-0.3, -0.25) is 0 Å². The van der Waals surface area contributed by atoms with Gasteiger partial charge in [-0.1, -0.05) is 17.7 Å². The second-order valence-electron chi connectivity index (χ2n) is 3.88. The van der Waals surface area contributed by atoms with Crippen LogP contribution in [0.4, 0.5) is 5.82 Å². The van der Waals surface area contributed by atoms with Gasteiger partial charge in [0.25, 0.3) is 0 Å². The van der Waals surface area contributed by atoms with Crippen molar-refractivity contribution in [1.29, 1.82) is 0 Å². The van der Waals surface area contributed by atoms with Crippen molar-refractivity contribution in [3.8, 4) is 0 Å². The molecular weight excluding hydrogens is 270 g/mol. The van der Waals surface area contributed by atoms with Gasteiger partial charge in [0.15, 0.2) is 0 Å². The molecule has 2 rings (SSSR count). The summed E-state index contributed by atoms with van der Waals surface area (Å²) in [6.07, 6.45) is 2.36. The number of halogens is 1. The number of aliphatic hydroxyl groups is 1. The molecule has 0 saturated heterocycles. The third-order valence-corrected chi connectivity index (χ3v) is 3.93. The number of likely N-dealkylation sites (N-methyl/N-ethyl adjacent to an activating group) is 1. The number of aromatic nitrogens is 2. The second-order valence-corrected chi connectivity index (χ2v) is 5.27. The lowest BCUT2D eigenvalue weighted by Crippen LogP contribution is -2.23. The van der Waals surface area contributed by atoms with E-state index in [2.05, 4.69) is 21.4 Å². The molecule has 0 saturated carbocycles. The van der Waals surface area contributed by atoms with Crippen LogP contribution in [0.25, 0.3) is 0 Å². The maximum atomic E-state index is 9.31. The number of anilines is 1. The molecule has 0 fully saturated rings. The Morgan fingerprint density at radius 2 is 2.28 bits per heavy atom. The van der Waals surface area contributed by atoms with Crippen LogP contribution in [0.1, 0.15) is 10.4 Å². The summed E-state index contributed by atoms with van der Waals surface area (Å²) in [4.78, 5) is 11.4. The highest BCUT2D eigenvalue weighted by molar-refractivity contribution is 7.09. The lowest BCUT2D eigenvalue weighted by atomic mass is 10.3. The van der Waals surface area contributed by atoms with Crippen molar-refractivity contribution >= 4 is 28.8 Å². The molecule has 0 spiro atoms. The van der Waals surface area contributed by atoms with Crippen LogP contribution < -0.4 is 4.90 Å². The van der Waals surface area contributed by atoms with Crippen LogP contribution in [0.5, 0.6) is 0 Å². The fraction of sp³-hybridized carbons (Fsp3) is 0.333. The van der Waals surface area contributed by atoms with E-state index >= 15 is 0 Å². The Balaban J connectivity index is 2.08. The van der Waals surface area contributed by atoms with Crippen molar-refractivity contribution in [2.24, 2.45) is 0 Å². The Labute approximate surface area is 115 Å². The first kappa shape index (κ1) is 13.3. The predicted octanol–water partition coefficient (Wildman–Crippen LogP) is 2.36. The molecule has 0 unspecified atom stereocenters. The average molecular weight is 284 g/mol. The summed E-state index contributed by atoms with van der Waals surface area (Å²) < 4.78 is 0. The minimum atomic E-state index is -0.154. The van der Waals surface area contributed by atoms with E-state index in [1.54, 1.807) is 11.3 Å². The lowest BCUT2D eigenvalue weighted by molar-refractivity contribution is 0.281. The third kappa shape index (κ3) is 2.98. The molecule has 2 aromatic heterocycles. The Kier molecular flexibility index (Phi) is 4.52. The summed E-state index contributed by atoms with van der Waals surface area (Å²) in [7, 11) is 1.94. The number of thiophene rings is 1. The fourth-order valence-electron chi connectivity index (χ4n) is 1.69. The van der Waals surface area contributed by atoms with E-state index in [-0.39, 0.29) is 6.61 Å². The van der Waals surface area contributed by atoms with Crippen molar-refractivity contribution in [2.75, 3.05) is 18.5 Å². The number of rotatable bonds is 5. The van der Waals surface area contributed by atoms with E-state index in [1.165, 1.54) is 11.2 Å². The van der Waals surface area contributed by atoms with Gasteiger partial charge >= 0.3 is 0 Å². The number of hydrogen-bond donors (Lipinski definition) is 1. The monoisotopic (exact) mass is 283 g/mol. The van der Waals surface area contributed by atoms with Gasteiger partial charge in [0.05, 0.1) is 12.2 Å². The molecule has 0 radical (unpaired) electrons. The molecule has 0 amide bonds. The summed E-state index contributed by atoms with van der Waals surface area (Å²) in [5.74, 6) is 0.689. The van der Waals surface area contributed by atoms with Crippen LogP contribution in [-0.2, 0) is 13.0 Å². The highest BCUT2D eigenvalue weighted by Crippen LogP contribution is 2.22. The van der Waals surface area contributed by atoms with Crippen LogP contribution in [0, 0.1) is 0 Å². The van der Waals surface area contributed by atoms with Gasteiger partial charge in [0, 0.05) is 18.5 Å². The number of nitrogens with zero attached hydrogens (tertiary/aromatic N) is 3. The second kappa shape index (κ2) is 6.13. The van der Waals surface area contributed by atoms with Gasteiger partial charge in [0.1, 0.15) is 17.3 Å². The first-order valence-corrected chi connectivity index (χ1v) is 6.82. The van der Waals surface area contributed by atoms with E-state index in [4.69, 9.17) is 11.6 Å². The number of hydrogen-bond acceptors (Lipinski definition) is 5. The summed E-state index contributed by atoms with van der Waals surface area (Å²) in [5.41, 5.74) is 0.577. The molecule has 6 heteroatoms. The molecular formula is C12H14ClN3OS. The summed E-state index contributed by atoms with van der Waals surface area (Å²) in [6.45, 7) is 0.666. The SMILES string of the molecule is CN(CCc1cccs1)c1ncnc(Cl)c1CO. The largest absolute Gasteiger partial charge is 0.391 e. The molecule has 2 aromatic rings. The maximum absolute atomic E-state index is 9.31. The Morgan fingerprint density at radius 3 is 2.94 bits per heavy atom. The zero-order chi connectivity index (χ0) is 13.0. The van der Waals surface area contributed by atoms with E-state index in [1.807, 2.05) is 18.0 Å². The first-order valence-electron chi connectivity index (χ1n) is 5.56. The highest BCUT2D eigenvalue weighted by Gasteiger charge is 2.12. The molecule has 18 heavy (non-hydrogen) atoms. The van der Waals surface area contributed by atoms with Gasteiger partial charge in [-0.25, -0.2) is 9.97 Å². The van der Waals surface area contributed by atoms with E-state index < -0.39 is 0 Å². The van der Waals surface area contributed by atoms with Crippen molar-refractivity contribution in [1.82, 2.24) is 9.97 Å². The van der Waals surface area contributed by atoms with Gasteiger partial charge in [0.2, 0.25) is 0 Å². The minimum Gasteiger partial charge on any atom is -0.391 e. The van der Waals surface area contributed by atoms with Gasteiger partial charge < -0.3 is 10.0 Å². The van der Waals surface area contributed by atoms with Gasteiger partial charge in [-0.2, -0.15) is 0 Å². The normalized spacial score (nSPS) is 10.6. The van der Waals surface area contributed by atoms with Gasteiger partial charge in [-0.15, -0.1) is 11.3 Å². The molecule has 2 heterocycles. The quantitative estimate of drug-likeness (QED) is 0.856. The average Bonchev–Trinajstić information content (AvgIpc) is 2.88. The molecule has 0 aliphatic carbocycles. The Hall–Kier alpha value is -1.17. The summed E-state index contributed by atoms with van der Waals surface area (Å²) >= 11 is 7.68. The minimum absolute atomic E-state index is 0.154. The summed E-state index contributed by atoms with van der Waals surface area (Å²) in [5, 5.41) is 11.7. The van der Waals surface area contributed by atoms with E-state index in [0.29, 0.717) is 16.5 Å². The Morgan fingerprint density at radius 1 is 1.44 bits per heavy atom. The van der Waals surface area contributed by atoms with E-state index in [9.17, 15) is 5.11 Å². The van der Waals surface area contributed by atoms with Crippen LogP contribution in [0.2, 0.25) is 5.15 Å². The lowest BCUT2D eigenvalue weighted by Gasteiger charge is -2.20. The highest BCUT2D eigenvalue weighted by atomic mass is 35.5. The fourth-order valence-corrected chi connectivity index (χ4v) is 2.57.